The highest BCUT2D eigenvalue weighted by Gasteiger charge is 2.31. The Morgan fingerprint density at radius 1 is 1.37 bits per heavy atom. The molecule has 0 saturated carbocycles. The van der Waals surface area contributed by atoms with E-state index in [1.54, 1.807) is 4.68 Å². The number of anilines is 1. The Balaban J connectivity index is 2.16. The summed E-state index contributed by atoms with van der Waals surface area (Å²) in [6.07, 6.45) is 0.489. The second-order valence-corrected chi connectivity index (χ2v) is 5.19. The zero-order valence-electron chi connectivity index (χ0n) is 11.4. The van der Waals surface area contributed by atoms with Gasteiger partial charge in [-0.15, -0.1) is 0 Å². The van der Waals surface area contributed by atoms with Gasteiger partial charge in [-0.25, -0.2) is 0 Å². The van der Waals surface area contributed by atoms with E-state index in [1.165, 1.54) is 11.1 Å². The molecule has 0 spiro atoms. The summed E-state index contributed by atoms with van der Waals surface area (Å²) in [5.74, 6) is 1.000. The van der Waals surface area contributed by atoms with Crippen molar-refractivity contribution in [1.82, 2.24) is 9.78 Å². The lowest BCUT2D eigenvalue weighted by molar-refractivity contribution is -0.116. The van der Waals surface area contributed by atoms with Crippen molar-refractivity contribution in [2.24, 2.45) is 7.05 Å². The van der Waals surface area contributed by atoms with Crippen LogP contribution >= 0.6 is 0 Å². The van der Waals surface area contributed by atoms with Crippen LogP contribution in [0.5, 0.6) is 0 Å². The van der Waals surface area contributed by atoms with Gasteiger partial charge in [-0.3, -0.25) is 9.48 Å². The highest BCUT2D eigenvalue weighted by molar-refractivity contribution is 5.94. The van der Waals surface area contributed by atoms with E-state index in [0.29, 0.717) is 6.42 Å². The maximum absolute atomic E-state index is 11.9. The zero-order valence-corrected chi connectivity index (χ0v) is 11.4. The average Bonchev–Trinajstić information content (AvgIpc) is 2.64. The van der Waals surface area contributed by atoms with Gasteiger partial charge in [-0.2, -0.15) is 5.10 Å². The average molecular weight is 255 g/mol. The Labute approximate surface area is 112 Å². The molecule has 1 aromatic carbocycles. The van der Waals surface area contributed by atoms with Crippen LogP contribution in [-0.2, 0) is 11.8 Å². The molecule has 1 atom stereocenters. The highest BCUT2D eigenvalue weighted by Crippen LogP contribution is 2.38. The standard InChI is InChI=1S/C15H17N3O/c1-9-5-4-6-11(7-9)12-8-13(19)16-15-14(12)10(2)17-18(15)3/h4-7,12H,8H2,1-3H3,(H,16,19)/t12-/m1/s1. The summed E-state index contributed by atoms with van der Waals surface area (Å²) < 4.78 is 1.75. The Morgan fingerprint density at radius 3 is 2.89 bits per heavy atom. The molecular formula is C15H17N3O. The molecule has 0 radical (unpaired) electrons. The molecule has 3 rings (SSSR count). The van der Waals surface area contributed by atoms with E-state index in [2.05, 4.69) is 35.5 Å². The Kier molecular flexibility index (Phi) is 2.66. The van der Waals surface area contributed by atoms with Gasteiger partial charge < -0.3 is 5.32 Å². The largest absolute Gasteiger partial charge is 0.311 e. The number of fused-ring (bicyclic) bond motifs is 1. The second kappa shape index (κ2) is 4.23. The monoisotopic (exact) mass is 255 g/mol. The minimum Gasteiger partial charge on any atom is -0.311 e. The number of aryl methyl sites for hydroxylation is 3. The third-order valence-electron chi connectivity index (χ3n) is 3.71. The number of hydrogen-bond acceptors (Lipinski definition) is 2. The summed E-state index contributed by atoms with van der Waals surface area (Å²) in [5.41, 5.74) is 4.54. The molecule has 19 heavy (non-hydrogen) atoms. The fourth-order valence-corrected chi connectivity index (χ4v) is 2.88. The van der Waals surface area contributed by atoms with Crippen molar-refractivity contribution in [3.8, 4) is 0 Å². The van der Waals surface area contributed by atoms with E-state index in [1.807, 2.05) is 20.0 Å². The van der Waals surface area contributed by atoms with Crippen LogP contribution < -0.4 is 5.32 Å². The van der Waals surface area contributed by atoms with Gasteiger partial charge in [0.05, 0.1) is 5.69 Å². The third kappa shape index (κ3) is 1.93. The number of amides is 1. The van der Waals surface area contributed by atoms with E-state index >= 15 is 0 Å². The Morgan fingerprint density at radius 2 is 2.16 bits per heavy atom. The van der Waals surface area contributed by atoms with E-state index in [4.69, 9.17) is 0 Å². The first kappa shape index (κ1) is 12.0. The van der Waals surface area contributed by atoms with Crippen molar-refractivity contribution in [3.63, 3.8) is 0 Å². The quantitative estimate of drug-likeness (QED) is 0.851. The van der Waals surface area contributed by atoms with Crippen LogP contribution in [0, 0.1) is 13.8 Å². The summed E-state index contributed by atoms with van der Waals surface area (Å²) in [5, 5.41) is 7.35. The van der Waals surface area contributed by atoms with Crippen molar-refractivity contribution >= 4 is 11.7 Å². The summed E-state index contributed by atoms with van der Waals surface area (Å²) in [4.78, 5) is 11.9. The van der Waals surface area contributed by atoms with E-state index in [9.17, 15) is 4.79 Å². The van der Waals surface area contributed by atoms with Gasteiger partial charge in [0.15, 0.2) is 0 Å². The molecule has 2 aromatic rings. The van der Waals surface area contributed by atoms with Crippen LogP contribution in [0.3, 0.4) is 0 Å². The van der Waals surface area contributed by atoms with Gasteiger partial charge in [-0.1, -0.05) is 29.8 Å². The predicted molar refractivity (Wildman–Crippen MR) is 74.2 cm³/mol. The Bertz CT molecular complexity index is 657. The molecule has 4 nitrogen and oxygen atoms in total. The topological polar surface area (TPSA) is 46.9 Å². The molecule has 0 aliphatic carbocycles. The first-order valence-corrected chi connectivity index (χ1v) is 6.46. The van der Waals surface area contributed by atoms with Crippen LogP contribution in [0.25, 0.3) is 0 Å². The summed E-state index contributed by atoms with van der Waals surface area (Å²) in [7, 11) is 1.87. The molecule has 0 bridgehead atoms. The van der Waals surface area contributed by atoms with Crippen molar-refractivity contribution < 1.29 is 4.79 Å². The van der Waals surface area contributed by atoms with Crippen LogP contribution in [0.1, 0.15) is 34.7 Å². The molecule has 2 heterocycles. The number of carbonyl (C=O) groups is 1. The molecule has 0 unspecified atom stereocenters. The van der Waals surface area contributed by atoms with Gasteiger partial charge >= 0.3 is 0 Å². The lowest BCUT2D eigenvalue weighted by Gasteiger charge is -2.24. The van der Waals surface area contributed by atoms with Gasteiger partial charge in [0.1, 0.15) is 5.82 Å². The minimum atomic E-state index is 0.0574. The molecule has 1 aliphatic rings. The predicted octanol–water partition coefficient (Wildman–Crippen LogP) is 2.51. The van der Waals surface area contributed by atoms with E-state index in [-0.39, 0.29) is 11.8 Å². The lowest BCUT2D eigenvalue weighted by atomic mass is 9.85. The Hall–Kier alpha value is -2.10. The molecule has 4 heteroatoms. The van der Waals surface area contributed by atoms with Crippen LogP contribution in [0.4, 0.5) is 5.82 Å². The summed E-state index contributed by atoms with van der Waals surface area (Å²) >= 11 is 0. The molecule has 98 valence electrons. The van der Waals surface area contributed by atoms with Gasteiger partial charge in [0.25, 0.3) is 0 Å². The highest BCUT2D eigenvalue weighted by atomic mass is 16.1. The van der Waals surface area contributed by atoms with E-state index in [0.717, 1.165) is 17.1 Å². The van der Waals surface area contributed by atoms with E-state index < -0.39 is 0 Å². The maximum atomic E-state index is 11.9. The number of hydrogen-bond donors (Lipinski definition) is 1. The van der Waals surface area contributed by atoms with Crippen molar-refractivity contribution in [2.45, 2.75) is 26.2 Å². The molecule has 1 N–H and O–H groups in total. The molecule has 1 aromatic heterocycles. The third-order valence-corrected chi connectivity index (χ3v) is 3.71. The molecular weight excluding hydrogens is 238 g/mol. The number of carbonyl (C=O) groups excluding carboxylic acids is 1. The molecule has 0 fully saturated rings. The van der Waals surface area contributed by atoms with Gasteiger partial charge in [-0.05, 0) is 19.4 Å². The van der Waals surface area contributed by atoms with Crippen molar-refractivity contribution in [2.75, 3.05) is 5.32 Å². The fourth-order valence-electron chi connectivity index (χ4n) is 2.88. The first-order chi connectivity index (χ1) is 9.06. The number of benzene rings is 1. The molecule has 1 aliphatic heterocycles. The van der Waals surface area contributed by atoms with Crippen LogP contribution in [0.2, 0.25) is 0 Å². The normalized spacial score (nSPS) is 18.1. The minimum absolute atomic E-state index is 0.0574. The number of nitrogens with one attached hydrogen (secondary N) is 1. The second-order valence-electron chi connectivity index (χ2n) is 5.19. The summed E-state index contributed by atoms with van der Waals surface area (Å²) in [6, 6.07) is 8.36. The maximum Gasteiger partial charge on any atom is 0.226 e. The number of aromatic nitrogens is 2. The summed E-state index contributed by atoms with van der Waals surface area (Å²) in [6.45, 7) is 4.07. The fraction of sp³-hybridized carbons (Fsp3) is 0.333. The van der Waals surface area contributed by atoms with Crippen LogP contribution in [-0.4, -0.2) is 15.7 Å². The SMILES string of the molecule is Cc1cccc([C@H]2CC(=O)Nc3c2c(C)nn3C)c1. The number of rotatable bonds is 1. The van der Waals surface area contributed by atoms with Crippen molar-refractivity contribution in [3.05, 3.63) is 46.6 Å². The molecule has 0 saturated heterocycles. The zero-order chi connectivity index (χ0) is 13.6. The van der Waals surface area contributed by atoms with Gasteiger partial charge in [0.2, 0.25) is 5.91 Å². The smallest absolute Gasteiger partial charge is 0.226 e. The molecule has 1 amide bonds. The first-order valence-electron chi connectivity index (χ1n) is 6.46. The number of nitrogens with zero attached hydrogens (tertiary/aromatic N) is 2. The lowest BCUT2D eigenvalue weighted by Crippen LogP contribution is -2.24. The van der Waals surface area contributed by atoms with Gasteiger partial charge in [0, 0.05) is 24.9 Å². The van der Waals surface area contributed by atoms with Crippen molar-refractivity contribution in [1.29, 1.82) is 0 Å². The van der Waals surface area contributed by atoms with Crippen LogP contribution in [0.15, 0.2) is 24.3 Å².